The average molecular weight is 369 g/mol. The van der Waals surface area contributed by atoms with Crippen LogP contribution in [0.3, 0.4) is 0 Å². The van der Waals surface area contributed by atoms with Crippen molar-refractivity contribution in [3.63, 3.8) is 0 Å². The van der Waals surface area contributed by atoms with Gasteiger partial charge < -0.3 is 20.1 Å². The third kappa shape index (κ3) is 4.48. The van der Waals surface area contributed by atoms with E-state index in [2.05, 4.69) is 4.98 Å². The van der Waals surface area contributed by atoms with Gasteiger partial charge in [0.2, 0.25) is 0 Å². The van der Waals surface area contributed by atoms with E-state index in [9.17, 15) is 19.0 Å². The molecule has 0 aliphatic carbocycles. The van der Waals surface area contributed by atoms with Crippen LogP contribution >= 0.6 is 7.60 Å². The number of aromatic nitrogens is 1. The summed E-state index contributed by atoms with van der Waals surface area (Å²) in [5.41, 5.74) is 0.429. The molecule has 1 aromatic heterocycles. The van der Waals surface area contributed by atoms with E-state index >= 15 is 0 Å². The normalized spacial score (nSPS) is 16.2. The summed E-state index contributed by atoms with van der Waals surface area (Å²) in [6.45, 7) is 1.70. The summed E-state index contributed by atoms with van der Waals surface area (Å²) in [4.78, 5) is 35.3. The van der Waals surface area contributed by atoms with Gasteiger partial charge in [0.1, 0.15) is 0 Å². The number of H-pyrrole nitrogens is 1. The monoisotopic (exact) mass is 369 g/mol. The van der Waals surface area contributed by atoms with Crippen molar-refractivity contribution in [3.05, 3.63) is 36.0 Å². The predicted molar refractivity (Wildman–Crippen MR) is 90.5 cm³/mol. The highest BCUT2D eigenvalue weighted by Gasteiger charge is 2.38. The Morgan fingerprint density at radius 1 is 1.28 bits per heavy atom. The van der Waals surface area contributed by atoms with Crippen LogP contribution in [0.15, 0.2) is 30.5 Å². The second-order valence-corrected chi connectivity index (χ2v) is 7.60. The van der Waals surface area contributed by atoms with Crippen LogP contribution in [0.25, 0.3) is 10.9 Å². The standard InChI is InChI=1S/C16H20NO7P/c1-2-14(11-9-17-12-6-4-3-5-10(11)12)25(22,23)24-13(16(20)21)7-8-15(18)19/h3-6,9,13-14,17H,2,7-8H2,1H3,(H,18,19)(H,20,21)(H,22,23). The molecule has 1 heterocycles. The fourth-order valence-electron chi connectivity index (χ4n) is 2.73. The van der Waals surface area contributed by atoms with Crippen LogP contribution in [0.2, 0.25) is 0 Å². The minimum Gasteiger partial charge on any atom is -0.481 e. The quantitative estimate of drug-likeness (QED) is 0.498. The van der Waals surface area contributed by atoms with E-state index in [0.29, 0.717) is 5.56 Å². The molecule has 9 heteroatoms. The second-order valence-electron chi connectivity index (χ2n) is 5.64. The summed E-state index contributed by atoms with van der Waals surface area (Å²) < 4.78 is 17.8. The SMILES string of the molecule is CCC(c1c[nH]c2ccccc12)P(=O)(O)OC(CCC(=O)O)C(=O)O. The Kier molecular flexibility index (Phi) is 6.00. The Labute approximate surface area is 144 Å². The molecule has 0 amide bonds. The van der Waals surface area contributed by atoms with E-state index in [1.54, 1.807) is 25.3 Å². The Balaban J connectivity index is 2.29. The van der Waals surface area contributed by atoms with Gasteiger partial charge in [-0.3, -0.25) is 13.9 Å². The fourth-order valence-corrected chi connectivity index (χ4v) is 4.46. The van der Waals surface area contributed by atoms with Crippen molar-refractivity contribution < 1.29 is 33.8 Å². The molecule has 136 valence electrons. The lowest BCUT2D eigenvalue weighted by molar-refractivity contribution is -0.146. The lowest BCUT2D eigenvalue weighted by Crippen LogP contribution is -2.24. The zero-order valence-corrected chi connectivity index (χ0v) is 14.5. The van der Waals surface area contributed by atoms with Crippen molar-refractivity contribution >= 4 is 30.4 Å². The largest absolute Gasteiger partial charge is 0.481 e. The maximum absolute atomic E-state index is 12.8. The average Bonchev–Trinajstić information content (AvgIpc) is 2.95. The minimum absolute atomic E-state index is 0.251. The third-order valence-electron chi connectivity index (χ3n) is 3.93. The van der Waals surface area contributed by atoms with Crippen molar-refractivity contribution in [2.24, 2.45) is 0 Å². The van der Waals surface area contributed by atoms with Gasteiger partial charge in [0.25, 0.3) is 0 Å². The topological polar surface area (TPSA) is 137 Å². The van der Waals surface area contributed by atoms with Gasteiger partial charge in [0.05, 0.1) is 5.66 Å². The summed E-state index contributed by atoms with van der Waals surface area (Å²) in [6, 6.07) is 7.23. The second kappa shape index (κ2) is 7.82. The molecule has 1 aromatic carbocycles. The summed E-state index contributed by atoms with van der Waals surface area (Å²) in [6.07, 6.45) is -0.662. The van der Waals surface area contributed by atoms with Gasteiger partial charge in [-0.1, -0.05) is 25.1 Å². The summed E-state index contributed by atoms with van der Waals surface area (Å²) in [5.74, 6) is -2.67. The molecule has 25 heavy (non-hydrogen) atoms. The van der Waals surface area contributed by atoms with Crippen molar-refractivity contribution in [2.75, 3.05) is 0 Å². The molecule has 0 aliphatic heterocycles. The molecule has 2 aromatic rings. The van der Waals surface area contributed by atoms with Gasteiger partial charge in [-0.2, -0.15) is 0 Å². The lowest BCUT2D eigenvalue weighted by Gasteiger charge is -2.24. The van der Waals surface area contributed by atoms with Gasteiger partial charge >= 0.3 is 19.5 Å². The molecule has 0 fully saturated rings. The number of carboxylic acids is 2. The van der Waals surface area contributed by atoms with Crippen molar-refractivity contribution in [3.8, 4) is 0 Å². The first-order chi connectivity index (χ1) is 11.8. The van der Waals surface area contributed by atoms with E-state index in [1.165, 1.54) is 0 Å². The zero-order chi connectivity index (χ0) is 18.6. The van der Waals surface area contributed by atoms with Gasteiger partial charge in [-0.25, -0.2) is 4.79 Å². The molecular formula is C16H20NO7P. The van der Waals surface area contributed by atoms with Crippen LogP contribution in [0.5, 0.6) is 0 Å². The highest BCUT2D eigenvalue weighted by atomic mass is 31.2. The number of benzene rings is 1. The molecule has 0 bridgehead atoms. The van der Waals surface area contributed by atoms with E-state index in [0.717, 1.165) is 10.9 Å². The summed E-state index contributed by atoms with van der Waals surface area (Å²) >= 11 is 0. The first kappa shape index (κ1) is 19.2. The van der Waals surface area contributed by atoms with E-state index in [-0.39, 0.29) is 12.8 Å². The van der Waals surface area contributed by atoms with Crippen LogP contribution in [-0.4, -0.2) is 38.1 Å². The number of para-hydroxylation sites is 1. The minimum atomic E-state index is -4.36. The molecule has 0 radical (unpaired) electrons. The van der Waals surface area contributed by atoms with Gasteiger partial charge in [0, 0.05) is 23.5 Å². The first-order valence-electron chi connectivity index (χ1n) is 7.77. The predicted octanol–water partition coefficient (Wildman–Crippen LogP) is 3.14. The summed E-state index contributed by atoms with van der Waals surface area (Å²) in [5, 5.41) is 18.6. The Bertz CT molecular complexity index is 816. The van der Waals surface area contributed by atoms with Gasteiger partial charge in [-0.15, -0.1) is 0 Å². The number of carbonyl (C=O) groups is 2. The summed E-state index contributed by atoms with van der Waals surface area (Å²) in [7, 11) is -4.36. The molecule has 0 saturated carbocycles. The van der Waals surface area contributed by atoms with Crippen LogP contribution < -0.4 is 0 Å². The zero-order valence-electron chi connectivity index (χ0n) is 13.6. The number of hydrogen-bond donors (Lipinski definition) is 4. The number of hydrogen-bond acceptors (Lipinski definition) is 4. The molecule has 3 unspecified atom stereocenters. The van der Waals surface area contributed by atoms with Crippen LogP contribution in [0.1, 0.15) is 37.4 Å². The molecule has 4 N–H and O–H groups in total. The number of carboxylic acid groups (broad SMARTS) is 2. The number of aromatic amines is 1. The van der Waals surface area contributed by atoms with E-state index in [1.807, 2.05) is 12.1 Å². The molecule has 0 aliphatic rings. The first-order valence-corrected chi connectivity index (χ1v) is 9.42. The smallest absolute Gasteiger partial charge is 0.336 e. The highest BCUT2D eigenvalue weighted by molar-refractivity contribution is 7.53. The third-order valence-corrected chi connectivity index (χ3v) is 5.92. The molecule has 3 atom stereocenters. The molecule has 8 nitrogen and oxygen atoms in total. The molecular weight excluding hydrogens is 349 g/mol. The van der Waals surface area contributed by atoms with E-state index in [4.69, 9.17) is 14.7 Å². The van der Waals surface area contributed by atoms with Gasteiger partial charge in [-0.05, 0) is 24.5 Å². The lowest BCUT2D eigenvalue weighted by atomic mass is 10.1. The number of nitrogens with one attached hydrogen (secondary N) is 1. The fraction of sp³-hybridized carbons (Fsp3) is 0.375. The molecule has 0 spiro atoms. The maximum atomic E-state index is 12.8. The highest BCUT2D eigenvalue weighted by Crippen LogP contribution is 2.60. The van der Waals surface area contributed by atoms with Crippen molar-refractivity contribution in [2.45, 2.75) is 37.9 Å². The molecule has 0 saturated heterocycles. The number of fused-ring (bicyclic) bond motifs is 1. The number of aliphatic carboxylic acids is 2. The maximum Gasteiger partial charge on any atom is 0.336 e. The van der Waals surface area contributed by atoms with Crippen LogP contribution in [0.4, 0.5) is 0 Å². The Morgan fingerprint density at radius 2 is 1.96 bits per heavy atom. The van der Waals surface area contributed by atoms with Crippen LogP contribution in [-0.2, 0) is 18.7 Å². The van der Waals surface area contributed by atoms with Crippen molar-refractivity contribution in [1.29, 1.82) is 0 Å². The molecule has 2 rings (SSSR count). The van der Waals surface area contributed by atoms with E-state index < -0.39 is 37.7 Å². The number of rotatable bonds is 9. The Hall–Kier alpha value is -2.15. The van der Waals surface area contributed by atoms with Crippen LogP contribution in [0, 0.1) is 0 Å². The van der Waals surface area contributed by atoms with Crippen molar-refractivity contribution in [1.82, 2.24) is 4.98 Å². The van der Waals surface area contributed by atoms with Gasteiger partial charge in [0.15, 0.2) is 6.10 Å². The Morgan fingerprint density at radius 3 is 2.56 bits per heavy atom.